The van der Waals surface area contributed by atoms with E-state index >= 15 is 0 Å². The first-order valence-electron chi connectivity index (χ1n) is 7.20. The molecule has 0 heterocycles. The minimum absolute atomic E-state index is 0.0253. The smallest absolute Gasteiger partial charge is 0.207 e. The van der Waals surface area contributed by atoms with E-state index in [4.69, 9.17) is 0 Å². The van der Waals surface area contributed by atoms with Gasteiger partial charge in [-0.15, -0.1) is 6.58 Å². The van der Waals surface area contributed by atoms with Crippen LogP contribution in [0.3, 0.4) is 0 Å². The highest BCUT2D eigenvalue weighted by molar-refractivity contribution is 7.89. The summed E-state index contributed by atoms with van der Waals surface area (Å²) >= 11 is 0. The van der Waals surface area contributed by atoms with Crippen LogP contribution < -0.4 is 4.72 Å². The van der Waals surface area contributed by atoms with E-state index in [2.05, 4.69) is 11.3 Å². The van der Waals surface area contributed by atoms with Gasteiger partial charge in [-0.2, -0.15) is 0 Å². The standard InChI is InChI=1S/C18H21NO2S/c1-4-15(3)18(16-8-6-5-7-9-16)19-22(20,21)17-12-10-14(2)11-13-17/h4-13,15,18-19H,1H2,2-3H3/t15-,18-/m1/s1. The van der Waals surface area contributed by atoms with E-state index in [1.54, 1.807) is 30.3 Å². The summed E-state index contributed by atoms with van der Waals surface area (Å²) in [4.78, 5) is 0.273. The topological polar surface area (TPSA) is 46.2 Å². The van der Waals surface area contributed by atoms with Crippen LogP contribution >= 0.6 is 0 Å². The molecule has 0 aliphatic rings. The largest absolute Gasteiger partial charge is 0.241 e. The van der Waals surface area contributed by atoms with E-state index < -0.39 is 10.0 Å². The average Bonchev–Trinajstić information content (AvgIpc) is 2.53. The Kier molecular flexibility index (Phi) is 5.16. The third-order valence-electron chi connectivity index (χ3n) is 3.67. The van der Waals surface area contributed by atoms with Crippen LogP contribution in [0.15, 0.2) is 72.1 Å². The maximum atomic E-state index is 12.6. The molecule has 2 aromatic carbocycles. The zero-order chi connectivity index (χ0) is 16.2. The molecule has 2 atom stereocenters. The van der Waals surface area contributed by atoms with Crippen LogP contribution in [0.25, 0.3) is 0 Å². The summed E-state index contributed by atoms with van der Waals surface area (Å²) in [7, 11) is -3.58. The van der Waals surface area contributed by atoms with Gasteiger partial charge in [0.1, 0.15) is 0 Å². The average molecular weight is 315 g/mol. The molecular formula is C18H21NO2S. The summed E-state index contributed by atoms with van der Waals surface area (Å²) in [6.45, 7) is 7.66. The van der Waals surface area contributed by atoms with Crippen LogP contribution in [-0.2, 0) is 10.0 Å². The fraction of sp³-hybridized carbons (Fsp3) is 0.222. The molecule has 0 unspecified atom stereocenters. The first kappa shape index (κ1) is 16.5. The molecule has 2 rings (SSSR count). The fourth-order valence-electron chi connectivity index (χ4n) is 2.23. The lowest BCUT2D eigenvalue weighted by atomic mass is 9.96. The molecule has 0 radical (unpaired) electrons. The van der Waals surface area contributed by atoms with Crippen molar-refractivity contribution in [3.63, 3.8) is 0 Å². The van der Waals surface area contributed by atoms with Crippen molar-refractivity contribution in [1.82, 2.24) is 4.72 Å². The second-order valence-corrected chi connectivity index (χ2v) is 7.13. The van der Waals surface area contributed by atoms with Crippen LogP contribution in [0.5, 0.6) is 0 Å². The summed E-state index contributed by atoms with van der Waals surface area (Å²) in [5, 5.41) is 0. The van der Waals surface area contributed by atoms with Crippen LogP contribution in [-0.4, -0.2) is 8.42 Å². The molecule has 0 saturated heterocycles. The Morgan fingerprint density at radius 2 is 1.64 bits per heavy atom. The van der Waals surface area contributed by atoms with Crippen molar-refractivity contribution < 1.29 is 8.42 Å². The van der Waals surface area contributed by atoms with Crippen molar-refractivity contribution in [2.24, 2.45) is 5.92 Å². The Labute approximate surface area is 132 Å². The summed E-state index contributed by atoms with van der Waals surface area (Å²) in [6, 6.07) is 16.0. The Morgan fingerprint density at radius 3 is 2.18 bits per heavy atom. The lowest BCUT2D eigenvalue weighted by Gasteiger charge is -2.23. The maximum Gasteiger partial charge on any atom is 0.241 e. The van der Waals surface area contributed by atoms with Gasteiger partial charge >= 0.3 is 0 Å². The number of benzene rings is 2. The van der Waals surface area contributed by atoms with Crippen LogP contribution in [0, 0.1) is 12.8 Å². The first-order chi connectivity index (χ1) is 10.4. The summed E-state index contributed by atoms with van der Waals surface area (Å²) in [5.74, 6) is -0.0253. The van der Waals surface area contributed by atoms with E-state index in [-0.39, 0.29) is 16.9 Å². The van der Waals surface area contributed by atoms with Gasteiger partial charge in [0.15, 0.2) is 0 Å². The number of sulfonamides is 1. The first-order valence-corrected chi connectivity index (χ1v) is 8.69. The quantitative estimate of drug-likeness (QED) is 0.823. The third kappa shape index (κ3) is 3.84. The van der Waals surface area contributed by atoms with Crippen molar-refractivity contribution in [3.8, 4) is 0 Å². The van der Waals surface area contributed by atoms with E-state index in [9.17, 15) is 8.42 Å². The molecule has 0 aliphatic heterocycles. The zero-order valence-corrected chi connectivity index (χ0v) is 13.7. The number of hydrogen-bond donors (Lipinski definition) is 1. The minimum Gasteiger partial charge on any atom is -0.207 e. The molecule has 22 heavy (non-hydrogen) atoms. The number of hydrogen-bond acceptors (Lipinski definition) is 2. The SMILES string of the molecule is C=C[C@@H](C)[C@@H](NS(=O)(=O)c1ccc(C)cc1)c1ccccc1. The Bertz CT molecular complexity index is 721. The second kappa shape index (κ2) is 6.90. The van der Waals surface area contributed by atoms with E-state index in [1.807, 2.05) is 44.2 Å². The van der Waals surface area contributed by atoms with Gasteiger partial charge in [-0.25, -0.2) is 13.1 Å². The lowest BCUT2D eigenvalue weighted by molar-refractivity contribution is 0.498. The molecular weight excluding hydrogens is 294 g/mol. The molecule has 0 spiro atoms. The lowest BCUT2D eigenvalue weighted by Crippen LogP contribution is -2.32. The molecule has 0 bridgehead atoms. The van der Waals surface area contributed by atoms with Gasteiger partial charge in [-0.05, 0) is 30.5 Å². The van der Waals surface area contributed by atoms with Gasteiger partial charge in [0.2, 0.25) is 10.0 Å². The molecule has 0 aromatic heterocycles. The predicted molar refractivity (Wildman–Crippen MR) is 90.0 cm³/mol. The van der Waals surface area contributed by atoms with Crippen molar-refractivity contribution in [3.05, 3.63) is 78.4 Å². The molecule has 1 N–H and O–H groups in total. The Balaban J connectivity index is 2.34. The normalized spacial score (nSPS) is 14.3. The monoisotopic (exact) mass is 315 g/mol. The van der Waals surface area contributed by atoms with E-state index in [0.717, 1.165) is 11.1 Å². The Hall–Kier alpha value is -1.91. The van der Waals surface area contributed by atoms with Crippen molar-refractivity contribution in [2.45, 2.75) is 24.8 Å². The number of nitrogens with one attached hydrogen (secondary N) is 1. The van der Waals surface area contributed by atoms with Crippen LogP contribution in [0.2, 0.25) is 0 Å². The molecule has 0 amide bonds. The fourth-order valence-corrected chi connectivity index (χ4v) is 3.54. The van der Waals surface area contributed by atoms with Gasteiger partial charge in [-0.1, -0.05) is 61.0 Å². The molecule has 3 nitrogen and oxygen atoms in total. The highest BCUT2D eigenvalue weighted by Crippen LogP contribution is 2.25. The second-order valence-electron chi connectivity index (χ2n) is 5.42. The molecule has 4 heteroatoms. The molecule has 2 aromatic rings. The van der Waals surface area contributed by atoms with Gasteiger partial charge in [0.05, 0.1) is 10.9 Å². The predicted octanol–water partition coefficient (Wildman–Crippen LogP) is 3.84. The van der Waals surface area contributed by atoms with E-state index in [1.165, 1.54) is 0 Å². The van der Waals surface area contributed by atoms with Crippen molar-refractivity contribution in [2.75, 3.05) is 0 Å². The van der Waals surface area contributed by atoms with Gasteiger partial charge < -0.3 is 0 Å². The van der Waals surface area contributed by atoms with Gasteiger partial charge in [-0.3, -0.25) is 0 Å². The Morgan fingerprint density at radius 1 is 1.05 bits per heavy atom. The van der Waals surface area contributed by atoms with Gasteiger partial charge in [0.25, 0.3) is 0 Å². The highest BCUT2D eigenvalue weighted by Gasteiger charge is 2.24. The van der Waals surface area contributed by atoms with Crippen molar-refractivity contribution >= 4 is 10.0 Å². The summed E-state index contributed by atoms with van der Waals surface area (Å²) in [6.07, 6.45) is 1.76. The highest BCUT2D eigenvalue weighted by atomic mass is 32.2. The maximum absolute atomic E-state index is 12.6. The van der Waals surface area contributed by atoms with Gasteiger partial charge in [0, 0.05) is 0 Å². The van der Waals surface area contributed by atoms with E-state index in [0.29, 0.717) is 0 Å². The zero-order valence-electron chi connectivity index (χ0n) is 12.9. The molecule has 116 valence electrons. The molecule has 0 saturated carbocycles. The number of aryl methyl sites for hydroxylation is 1. The number of rotatable bonds is 6. The molecule has 0 fully saturated rings. The summed E-state index contributed by atoms with van der Waals surface area (Å²) in [5.41, 5.74) is 1.95. The molecule has 0 aliphatic carbocycles. The van der Waals surface area contributed by atoms with Crippen LogP contribution in [0.4, 0.5) is 0 Å². The van der Waals surface area contributed by atoms with Crippen molar-refractivity contribution in [1.29, 1.82) is 0 Å². The summed E-state index contributed by atoms with van der Waals surface area (Å²) < 4.78 is 28.0. The minimum atomic E-state index is -3.58. The van der Waals surface area contributed by atoms with Crippen LogP contribution in [0.1, 0.15) is 24.1 Å². The third-order valence-corrected chi connectivity index (χ3v) is 5.13.